The summed E-state index contributed by atoms with van der Waals surface area (Å²) >= 11 is 1.41. The molecule has 2 aromatic carbocycles. The molecule has 0 saturated heterocycles. The minimum Gasteiger partial charge on any atom is -0.497 e. The summed E-state index contributed by atoms with van der Waals surface area (Å²) in [6, 6.07) is 13.6. The van der Waals surface area contributed by atoms with Crippen LogP contribution in [-0.2, 0) is 6.54 Å². The number of fused-ring (bicyclic) bond motifs is 1. The summed E-state index contributed by atoms with van der Waals surface area (Å²) in [7, 11) is 1.59. The number of benzene rings is 2. The van der Waals surface area contributed by atoms with Crippen molar-refractivity contribution in [3.63, 3.8) is 0 Å². The summed E-state index contributed by atoms with van der Waals surface area (Å²) in [4.78, 5) is 27.9. The molecule has 4 rings (SSSR count). The van der Waals surface area contributed by atoms with Crippen molar-refractivity contribution in [3.8, 4) is 17.0 Å². The zero-order valence-electron chi connectivity index (χ0n) is 15.7. The number of aryl methyl sites for hydroxylation is 1. The lowest BCUT2D eigenvalue weighted by Crippen LogP contribution is -2.24. The van der Waals surface area contributed by atoms with E-state index in [4.69, 9.17) is 4.74 Å². The van der Waals surface area contributed by atoms with E-state index in [1.54, 1.807) is 19.2 Å². The molecule has 0 bridgehead atoms. The molecule has 0 aliphatic carbocycles. The molecule has 2 heterocycles. The fourth-order valence-electron chi connectivity index (χ4n) is 3.07. The Balaban J connectivity index is 1.89. The Kier molecular flexibility index (Phi) is 4.81. The highest BCUT2D eigenvalue weighted by Gasteiger charge is 2.17. The van der Waals surface area contributed by atoms with Gasteiger partial charge in [-0.25, -0.2) is 9.67 Å². The molecular formula is C20H16N4O4S. The fraction of sp³-hybridized carbons (Fsp3) is 0.150. The first-order chi connectivity index (χ1) is 14.0. The van der Waals surface area contributed by atoms with Crippen molar-refractivity contribution in [2.24, 2.45) is 0 Å². The Morgan fingerprint density at radius 3 is 2.76 bits per heavy atom. The van der Waals surface area contributed by atoms with Crippen molar-refractivity contribution < 1.29 is 9.66 Å². The van der Waals surface area contributed by atoms with E-state index in [0.29, 0.717) is 27.2 Å². The molecule has 9 heteroatoms. The van der Waals surface area contributed by atoms with Gasteiger partial charge in [0.05, 0.1) is 28.3 Å². The number of non-ortho nitro benzene ring substituents is 1. The van der Waals surface area contributed by atoms with E-state index in [-0.39, 0.29) is 17.8 Å². The van der Waals surface area contributed by atoms with Gasteiger partial charge in [0.25, 0.3) is 11.2 Å². The van der Waals surface area contributed by atoms with Crippen LogP contribution < -0.4 is 10.3 Å². The third kappa shape index (κ3) is 3.59. The predicted octanol–water partition coefficient (Wildman–Crippen LogP) is 3.79. The van der Waals surface area contributed by atoms with Crippen molar-refractivity contribution in [1.82, 2.24) is 14.8 Å². The lowest BCUT2D eigenvalue weighted by molar-refractivity contribution is -0.384. The van der Waals surface area contributed by atoms with E-state index < -0.39 is 4.92 Å². The van der Waals surface area contributed by atoms with Gasteiger partial charge in [0.15, 0.2) is 5.52 Å². The van der Waals surface area contributed by atoms with Gasteiger partial charge in [0.1, 0.15) is 11.4 Å². The molecule has 0 unspecified atom stereocenters. The first-order valence-corrected chi connectivity index (χ1v) is 9.54. The van der Waals surface area contributed by atoms with E-state index >= 15 is 0 Å². The molecule has 0 N–H and O–H groups in total. The highest BCUT2D eigenvalue weighted by molar-refractivity contribution is 7.19. The standard InChI is InChI=1S/C20H16N4O4S/c1-12-21-18-19(29-12)17(14-6-4-8-16(10-14)28-2)22-23(20(18)25)11-13-5-3-7-15(9-13)24(26)27/h3-10H,11H2,1-2H3. The van der Waals surface area contributed by atoms with Crippen LogP contribution in [0.4, 0.5) is 5.69 Å². The Morgan fingerprint density at radius 1 is 1.21 bits per heavy atom. The smallest absolute Gasteiger partial charge is 0.294 e. The van der Waals surface area contributed by atoms with E-state index in [9.17, 15) is 14.9 Å². The van der Waals surface area contributed by atoms with Gasteiger partial charge in [-0.05, 0) is 24.6 Å². The average molecular weight is 408 g/mol. The molecule has 0 atom stereocenters. The molecule has 0 fully saturated rings. The maximum atomic E-state index is 13.0. The quantitative estimate of drug-likeness (QED) is 0.368. The van der Waals surface area contributed by atoms with Crippen LogP contribution in [-0.4, -0.2) is 26.8 Å². The highest BCUT2D eigenvalue weighted by Crippen LogP contribution is 2.31. The number of ether oxygens (including phenoxy) is 1. The van der Waals surface area contributed by atoms with E-state index in [0.717, 1.165) is 10.6 Å². The zero-order chi connectivity index (χ0) is 20.5. The number of methoxy groups -OCH3 is 1. The summed E-state index contributed by atoms with van der Waals surface area (Å²) in [6.07, 6.45) is 0. The molecule has 4 aromatic rings. The van der Waals surface area contributed by atoms with E-state index in [2.05, 4.69) is 10.1 Å². The molecular weight excluding hydrogens is 392 g/mol. The summed E-state index contributed by atoms with van der Waals surface area (Å²) < 4.78 is 7.31. The third-order valence-corrected chi connectivity index (χ3v) is 5.38. The second-order valence-electron chi connectivity index (χ2n) is 6.38. The largest absolute Gasteiger partial charge is 0.497 e. The predicted molar refractivity (Wildman–Crippen MR) is 111 cm³/mol. The number of hydrogen-bond acceptors (Lipinski definition) is 7. The SMILES string of the molecule is COc1cccc(-c2nn(Cc3cccc([N+](=O)[O-])c3)c(=O)c3nc(C)sc23)c1. The second kappa shape index (κ2) is 7.44. The molecule has 0 radical (unpaired) electrons. The first-order valence-electron chi connectivity index (χ1n) is 8.72. The van der Waals surface area contributed by atoms with Crippen molar-refractivity contribution in [2.45, 2.75) is 13.5 Å². The summed E-state index contributed by atoms with van der Waals surface area (Å²) in [5.41, 5.74) is 2.00. The van der Waals surface area contributed by atoms with Crippen LogP contribution in [0.15, 0.2) is 53.3 Å². The number of nitro benzene ring substituents is 1. The van der Waals surface area contributed by atoms with Crippen LogP contribution in [0, 0.1) is 17.0 Å². The Morgan fingerprint density at radius 2 is 2.00 bits per heavy atom. The number of aromatic nitrogens is 3. The van der Waals surface area contributed by atoms with Crippen molar-refractivity contribution in [1.29, 1.82) is 0 Å². The normalized spacial score (nSPS) is 11.0. The van der Waals surface area contributed by atoms with Crippen molar-refractivity contribution >= 4 is 27.2 Å². The van der Waals surface area contributed by atoms with E-state index in [1.165, 1.54) is 28.2 Å². The van der Waals surface area contributed by atoms with Gasteiger partial charge in [-0.2, -0.15) is 5.10 Å². The number of nitrogens with zero attached hydrogens (tertiary/aromatic N) is 4. The van der Waals surface area contributed by atoms with Crippen LogP contribution in [0.5, 0.6) is 5.75 Å². The second-order valence-corrected chi connectivity index (χ2v) is 7.58. The highest BCUT2D eigenvalue weighted by atomic mass is 32.1. The monoisotopic (exact) mass is 408 g/mol. The summed E-state index contributed by atoms with van der Waals surface area (Å²) in [6.45, 7) is 1.94. The minimum absolute atomic E-state index is 0.0332. The Labute approximate surface area is 169 Å². The molecule has 0 spiro atoms. The molecule has 0 aliphatic rings. The number of rotatable bonds is 5. The summed E-state index contributed by atoms with van der Waals surface area (Å²) in [5, 5.41) is 16.4. The van der Waals surface area contributed by atoms with Gasteiger partial charge in [0.2, 0.25) is 0 Å². The molecule has 8 nitrogen and oxygen atoms in total. The Hall–Kier alpha value is -3.59. The number of nitro groups is 1. The maximum absolute atomic E-state index is 13.0. The van der Waals surface area contributed by atoms with Crippen molar-refractivity contribution in [2.75, 3.05) is 7.11 Å². The molecule has 0 saturated carbocycles. The third-order valence-electron chi connectivity index (χ3n) is 4.40. The lowest BCUT2D eigenvalue weighted by Gasteiger charge is -2.10. The lowest BCUT2D eigenvalue weighted by atomic mass is 10.1. The number of hydrogen-bond donors (Lipinski definition) is 0. The van der Waals surface area contributed by atoms with Gasteiger partial charge in [-0.1, -0.05) is 24.3 Å². The van der Waals surface area contributed by atoms with Gasteiger partial charge in [-0.3, -0.25) is 14.9 Å². The van der Waals surface area contributed by atoms with Crippen LogP contribution >= 0.6 is 11.3 Å². The molecule has 146 valence electrons. The number of thiazole rings is 1. The topological polar surface area (TPSA) is 100 Å². The minimum atomic E-state index is -0.464. The maximum Gasteiger partial charge on any atom is 0.294 e. The van der Waals surface area contributed by atoms with Crippen LogP contribution in [0.1, 0.15) is 10.6 Å². The van der Waals surface area contributed by atoms with E-state index in [1.807, 2.05) is 31.2 Å². The van der Waals surface area contributed by atoms with Gasteiger partial charge < -0.3 is 4.74 Å². The van der Waals surface area contributed by atoms with Crippen LogP contribution in [0.3, 0.4) is 0 Å². The van der Waals surface area contributed by atoms with Crippen LogP contribution in [0.25, 0.3) is 21.5 Å². The van der Waals surface area contributed by atoms with Gasteiger partial charge in [-0.15, -0.1) is 11.3 Å². The van der Waals surface area contributed by atoms with Crippen LogP contribution in [0.2, 0.25) is 0 Å². The zero-order valence-corrected chi connectivity index (χ0v) is 16.5. The average Bonchev–Trinajstić information content (AvgIpc) is 3.12. The van der Waals surface area contributed by atoms with Gasteiger partial charge in [0, 0.05) is 17.7 Å². The summed E-state index contributed by atoms with van der Waals surface area (Å²) in [5.74, 6) is 0.676. The molecule has 2 aromatic heterocycles. The van der Waals surface area contributed by atoms with Crippen molar-refractivity contribution in [3.05, 3.63) is 79.6 Å². The molecule has 29 heavy (non-hydrogen) atoms. The first kappa shape index (κ1) is 18.8. The Bertz CT molecular complexity index is 1300. The molecule has 0 amide bonds. The fourth-order valence-corrected chi connectivity index (χ4v) is 3.99. The molecule has 0 aliphatic heterocycles. The van der Waals surface area contributed by atoms with Gasteiger partial charge >= 0.3 is 0 Å².